The lowest BCUT2D eigenvalue weighted by Crippen LogP contribution is -2.35. The van der Waals surface area contributed by atoms with Gasteiger partial charge in [0.15, 0.2) is 6.10 Å². The molecule has 114 valence electrons. The van der Waals surface area contributed by atoms with Gasteiger partial charge in [0.05, 0.1) is 0 Å². The highest BCUT2D eigenvalue weighted by Gasteiger charge is 2.21. The molecule has 1 aromatic heterocycles. The Bertz CT molecular complexity index is 664. The fraction of sp³-hybridized carbons (Fsp3) is 0.176. The summed E-state index contributed by atoms with van der Waals surface area (Å²) in [7, 11) is 0. The number of carbonyl (C=O) groups is 2. The Morgan fingerprint density at radius 2 is 2.05 bits per heavy atom. The maximum Gasteiger partial charge on any atom is 0.349 e. The van der Waals surface area contributed by atoms with Crippen molar-refractivity contribution in [2.24, 2.45) is 0 Å². The highest BCUT2D eigenvalue weighted by atomic mass is 32.1. The summed E-state index contributed by atoms with van der Waals surface area (Å²) in [6, 6.07) is 11.5. The van der Waals surface area contributed by atoms with Crippen LogP contribution in [-0.4, -0.2) is 24.5 Å². The van der Waals surface area contributed by atoms with Gasteiger partial charge >= 0.3 is 5.97 Å². The van der Waals surface area contributed by atoms with Crippen LogP contribution in [0, 0.1) is 0 Å². The Balaban J connectivity index is 2.10. The highest BCUT2D eigenvalue weighted by Crippen LogP contribution is 2.29. The molecule has 0 saturated heterocycles. The second-order valence-corrected chi connectivity index (χ2v) is 5.53. The van der Waals surface area contributed by atoms with Crippen molar-refractivity contribution in [3.05, 3.63) is 59.3 Å². The first kappa shape index (κ1) is 16.0. The Morgan fingerprint density at radius 1 is 1.32 bits per heavy atom. The predicted octanol–water partition coefficient (Wildman–Crippen LogP) is 3.26. The van der Waals surface area contributed by atoms with E-state index in [9.17, 15) is 9.59 Å². The maximum atomic E-state index is 12.3. The fourth-order valence-corrected chi connectivity index (χ4v) is 2.69. The van der Waals surface area contributed by atoms with Gasteiger partial charge in [-0.3, -0.25) is 4.79 Å². The van der Waals surface area contributed by atoms with Crippen molar-refractivity contribution in [3.8, 4) is 11.1 Å². The number of thiophene rings is 1. The number of carbonyl (C=O) groups excluding carboxylic acids is 2. The zero-order chi connectivity index (χ0) is 15.9. The van der Waals surface area contributed by atoms with E-state index in [1.807, 2.05) is 41.8 Å². The van der Waals surface area contributed by atoms with Crippen LogP contribution in [0.1, 0.15) is 16.6 Å². The van der Waals surface area contributed by atoms with E-state index in [2.05, 4.69) is 11.9 Å². The summed E-state index contributed by atoms with van der Waals surface area (Å²) in [6.45, 7) is 5.41. The van der Waals surface area contributed by atoms with Gasteiger partial charge in [0, 0.05) is 12.1 Å². The smallest absolute Gasteiger partial charge is 0.349 e. The molecule has 4 nitrogen and oxygen atoms in total. The molecule has 5 heteroatoms. The normalized spacial score (nSPS) is 11.5. The van der Waals surface area contributed by atoms with Crippen LogP contribution in [0.3, 0.4) is 0 Å². The van der Waals surface area contributed by atoms with Crippen LogP contribution in [0.2, 0.25) is 0 Å². The van der Waals surface area contributed by atoms with Crippen molar-refractivity contribution in [1.82, 2.24) is 5.32 Å². The zero-order valence-electron chi connectivity index (χ0n) is 12.2. The summed E-state index contributed by atoms with van der Waals surface area (Å²) in [5, 5.41) is 4.43. The molecule has 0 radical (unpaired) electrons. The van der Waals surface area contributed by atoms with Crippen molar-refractivity contribution >= 4 is 23.2 Å². The summed E-state index contributed by atoms with van der Waals surface area (Å²) in [4.78, 5) is 24.5. The third-order valence-corrected chi connectivity index (χ3v) is 3.90. The SMILES string of the molecule is C=CCNC(=O)[C@H](C)OC(=O)c1sccc1-c1ccccc1. The quantitative estimate of drug-likeness (QED) is 0.657. The molecule has 0 fully saturated rings. The molecule has 0 aliphatic rings. The molecule has 1 atom stereocenters. The largest absolute Gasteiger partial charge is 0.448 e. The van der Waals surface area contributed by atoms with E-state index in [1.165, 1.54) is 11.3 Å². The minimum Gasteiger partial charge on any atom is -0.448 e. The molecule has 1 N–H and O–H groups in total. The Labute approximate surface area is 133 Å². The van der Waals surface area contributed by atoms with Gasteiger partial charge in [-0.15, -0.1) is 17.9 Å². The average molecular weight is 315 g/mol. The van der Waals surface area contributed by atoms with Gasteiger partial charge in [0.1, 0.15) is 4.88 Å². The van der Waals surface area contributed by atoms with Gasteiger partial charge < -0.3 is 10.1 Å². The lowest BCUT2D eigenvalue weighted by Gasteiger charge is -2.12. The van der Waals surface area contributed by atoms with Gasteiger partial charge in [0.25, 0.3) is 5.91 Å². The second-order valence-electron chi connectivity index (χ2n) is 4.61. The Morgan fingerprint density at radius 3 is 2.73 bits per heavy atom. The van der Waals surface area contributed by atoms with Crippen LogP contribution in [0.4, 0.5) is 0 Å². The van der Waals surface area contributed by atoms with Crippen molar-refractivity contribution in [1.29, 1.82) is 0 Å². The van der Waals surface area contributed by atoms with Crippen LogP contribution < -0.4 is 5.32 Å². The monoisotopic (exact) mass is 315 g/mol. The van der Waals surface area contributed by atoms with E-state index in [-0.39, 0.29) is 5.91 Å². The van der Waals surface area contributed by atoms with Gasteiger partial charge in [-0.25, -0.2) is 4.79 Å². The first-order valence-electron chi connectivity index (χ1n) is 6.86. The molecule has 0 unspecified atom stereocenters. The van der Waals surface area contributed by atoms with E-state index in [0.29, 0.717) is 11.4 Å². The number of hydrogen-bond donors (Lipinski definition) is 1. The molecule has 2 aromatic rings. The first-order valence-corrected chi connectivity index (χ1v) is 7.74. The third kappa shape index (κ3) is 3.83. The number of amides is 1. The lowest BCUT2D eigenvalue weighted by molar-refractivity contribution is -0.128. The Kier molecular flexibility index (Phi) is 5.49. The highest BCUT2D eigenvalue weighted by molar-refractivity contribution is 7.12. The van der Waals surface area contributed by atoms with Crippen LogP contribution >= 0.6 is 11.3 Å². The van der Waals surface area contributed by atoms with Gasteiger partial charge in [-0.1, -0.05) is 36.4 Å². The van der Waals surface area contributed by atoms with Crippen molar-refractivity contribution in [3.63, 3.8) is 0 Å². The molecule has 0 aliphatic heterocycles. The summed E-state index contributed by atoms with van der Waals surface area (Å²) < 4.78 is 5.24. The fourth-order valence-electron chi connectivity index (χ4n) is 1.90. The van der Waals surface area contributed by atoms with Gasteiger partial charge in [-0.05, 0) is 23.9 Å². The average Bonchev–Trinajstić information content (AvgIpc) is 3.03. The first-order chi connectivity index (χ1) is 10.6. The molecular formula is C17H17NO3S. The van der Waals surface area contributed by atoms with Gasteiger partial charge in [-0.2, -0.15) is 0 Å². The maximum absolute atomic E-state index is 12.3. The standard InChI is InChI=1S/C17H17NO3S/c1-3-10-18-16(19)12(2)21-17(20)15-14(9-11-22-15)13-7-5-4-6-8-13/h3-9,11-12H,1,10H2,2H3,(H,18,19)/t12-/m0/s1. The number of hydrogen-bond acceptors (Lipinski definition) is 4. The predicted molar refractivity (Wildman–Crippen MR) is 87.8 cm³/mol. The molecular weight excluding hydrogens is 298 g/mol. The van der Waals surface area contributed by atoms with Crippen LogP contribution in [-0.2, 0) is 9.53 Å². The number of ether oxygens (including phenoxy) is 1. The van der Waals surface area contributed by atoms with E-state index in [1.54, 1.807) is 13.0 Å². The summed E-state index contributed by atoms with van der Waals surface area (Å²) in [5.74, 6) is -0.832. The molecule has 1 aromatic carbocycles. The molecule has 0 bridgehead atoms. The molecule has 1 amide bonds. The second kappa shape index (κ2) is 7.56. The lowest BCUT2D eigenvalue weighted by atomic mass is 10.1. The molecule has 0 spiro atoms. The van der Waals surface area contributed by atoms with Crippen LogP contribution in [0.25, 0.3) is 11.1 Å². The third-order valence-electron chi connectivity index (χ3n) is 3.01. The summed E-state index contributed by atoms with van der Waals surface area (Å²) >= 11 is 1.30. The summed E-state index contributed by atoms with van der Waals surface area (Å²) in [6.07, 6.45) is 0.720. The zero-order valence-corrected chi connectivity index (χ0v) is 13.1. The minimum absolute atomic E-state index is 0.342. The molecule has 22 heavy (non-hydrogen) atoms. The van der Waals surface area contributed by atoms with Crippen LogP contribution in [0.15, 0.2) is 54.4 Å². The molecule has 1 heterocycles. The van der Waals surface area contributed by atoms with Crippen molar-refractivity contribution < 1.29 is 14.3 Å². The number of benzene rings is 1. The number of nitrogens with one attached hydrogen (secondary N) is 1. The number of rotatable bonds is 6. The van der Waals surface area contributed by atoms with E-state index in [4.69, 9.17) is 4.74 Å². The minimum atomic E-state index is -0.849. The van der Waals surface area contributed by atoms with Crippen molar-refractivity contribution in [2.75, 3.05) is 6.54 Å². The molecule has 2 rings (SSSR count). The van der Waals surface area contributed by atoms with Gasteiger partial charge in [0.2, 0.25) is 0 Å². The summed E-state index contributed by atoms with van der Waals surface area (Å²) in [5.41, 5.74) is 1.76. The molecule has 0 aliphatic carbocycles. The van der Waals surface area contributed by atoms with Crippen molar-refractivity contribution in [2.45, 2.75) is 13.0 Å². The van der Waals surface area contributed by atoms with Crippen LogP contribution in [0.5, 0.6) is 0 Å². The number of esters is 1. The Hall–Kier alpha value is -2.40. The molecule has 0 saturated carbocycles. The van der Waals surface area contributed by atoms with E-state index in [0.717, 1.165) is 11.1 Å². The topological polar surface area (TPSA) is 55.4 Å². The van der Waals surface area contributed by atoms with E-state index >= 15 is 0 Å². The van der Waals surface area contributed by atoms with E-state index < -0.39 is 12.1 Å².